The van der Waals surface area contributed by atoms with Gasteiger partial charge in [0.15, 0.2) is 0 Å². The van der Waals surface area contributed by atoms with E-state index in [0.717, 1.165) is 6.33 Å². The summed E-state index contributed by atoms with van der Waals surface area (Å²) in [6.45, 7) is 0. The van der Waals surface area contributed by atoms with E-state index in [1.807, 2.05) is 0 Å². The molecule has 1 radical (unpaired) electrons. The third-order valence-electron chi connectivity index (χ3n) is 1.77. The number of alkyl halides is 3. The molecule has 0 fully saturated rings. The largest absolute Gasteiger partial charge is 0.441 e. The summed E-state index contributed by atoms with van der Waals surface area (Å²) in [4.78, 5) is 10.5. The number of nitrogens with zero attached hydrogens (tertiary/aromatic N) is 3. The Morgan fingerprint density at radius 1 is 1.12 bits per heavy atom. The van der Waals surface area contributed by atoms with Crippen LogP contribution in [0.15, 0.2) is 30.7 Å². The summed E-state index contributed by atoms with van der Waals surface area (Å²) in [5.74, 6) is 0. The van der Waals surface area contributed by atoms with Crippen molar-refractivity contribution in [3.63, 3.8) is 0 Å². The second kappa shape index (κ2) is 4.76. The number of rotatable bonds is 1. The van der Waals surface area contributed by atoms with Gasteiger partial charge in [0.05, 0.1) is 5.69 Å². The maximum atomic E-state index is 12.4. The van der Waals surface area contributed by atoms with Crippen LogP contribution in [0.1, 0.15) is 5.69 Å². The van der Waals surface area contributed by atoms with Crippen molar-refractivity contribution in [3.8, 4) is 11.4 Å². The smallest absolute Gasteiger partial charge is 0.413 e. The van der Waals surface area contributed by atoms with Gasteiger partial charge in [0.25, 0.3) is 0 Å². The zero-order valence-corrected chi connectivity index (χ0v) is 10.1. The summed E-state index contributed by atoms with van der Waals surface area (Å²) in [5, 5.41) is 0. The van der Waals surface area contributed by atoms with E-state index in [4.69, 9.17) is 0 Å². The molecular formula is C9H5F3IrN3-. The summed E-state index contributed by atoms with van der Waals surface area (Å²) < 4.78 is 37.3. The van der Waals surface area contributed by atoms with Crippen LogP contribution in [-0.2, 0) is 26.3 Å². The van der Waals surface area contributed by atoms with Crippen molar-refractivity contribution in [1.29, 1.82) is 0 Å². The molecule has 0 amide bonds. The maximum Gasteiger partial charge on any atom is 0.413 e. The SMILES string of the molecule is FC(F)(F)c1nc[n-]c1-c1ccccn1.[Ir]. The molecule has 7 heteroatoms. The minimum absolute atomic E-state index is 0. The van der Waals surface area contributed by atoms with Crippen LogP contribution in [0.25, 0.3) is 11.4 Å². The normalized spacial score (nSPS) is 10.9. The minimum Gasteiger partial charge on any atom is -0.441 e. The van der Waals surface area contributed by atoms with Gasteiger partial charge in [-0.1, -0.05) is 12.4 Å². The molecule has 3 nitrogen and oxygen atoms in total. The van der Waals surface area contributed by atoms with Gasteiger partial charge in [-0.05, 0) is 17.8 Å². The van der Waals surface area contributed by atoms with E-state index in [1.54, 1.807) is 12.1 Å². The molecule has 0 spiro atoms. The van der Waals surface area contributed by atoms with Crippen LogP contribution >= 0.6 is 0 Å². The Hall–Kier alpha value is -1.20. The minimum atomic E-state index is -4.50. The van der Waals surface area contributed by atoms with Gasteiger partial charge >= 0.3 is 6.18 Å². The Kier molecular flexibility index (Phi) is 3.83. The van der Waals surface area contributed by atoms with Crippen molar-refractivity contribution in [1.82, 2.24) is 15.0 Å². The van der Waals surface area contributed by atoms with Crippen LogP contribution < -0.4 is 4.98 Å². The van der Waals surface area contributed by atoms with Crippen molar-refractivity contribution < 1.29 is 33.3 Å². The van der Waals surface area contributed by atoms with Crippen LogP contribution in [0.3, 0.4) is 0 Å². The van der Waals surface area contributed by atoms with Gasteiger partial charge in [-0.3, -0.25) is 4.98 Å². The number of aromatic nitrogens is 3. The van der Waals surface area contributed by atoms with E-state index in [1.165, 1.54) is 12.3 Å². The van der Waals surface area contributed by atoms with Crippen molar-refractivity contribution in [3.05, 3.63) is 36.4 Å². The first-order valence-corrected chi connectivity index (χ1v) is 4.05. The van der Waals surface area contributed by atoms with Crippen molar-refractivity contribution >= 4 is 0 Å². The molecule has 0 aromatic carbocycles. The fourth-order valence-electron chi connectivity index (χ4n) is 1.16. The molecular weight excluding hydrogens is 399 g/mol. The number of hydrogen-bond donors (Lipinski definition) is 0. The van der Waals surface area contributed by atoms with Gasteiger partial charge in [0, 0.05) is 32.0 Å². The summed E-state index contributed by atoms with van der Waals surface area (Å²) in [5.41, 5.74) is -1.06. The quantitative estimate of drug-likeness (QED) is 0.731. The summed E-state index contributed by atoms with van der Waals surface area (Å²) in [6.07, 6.45) is -2.21. The predicted molar refractivity (Wildman–Crippen MR) is 45.8 cm³/mol. The molecule has 87 valence electrons. The molecule has 0 saturated heterocycles. The fraction of sp³-hybridized carbons (Fsp3) is 0.111. The Bertz CT molecular complexity index is 453. The topological polar surface area (TPSA) is 39.9 Å². The molecule has 2 rings (SSSR count). The molecule has 0 saturated carbocycles. The van der Waals surface area contributed by atoms with Crippen molar-refractivity contribution in [2.45, 2.75) is 6.18 Å². The Labute approximate surface area is 102 Å². The van der Waals surface area contributed by atoms with E-state index < -0.39 is 11.9 Å². The number of pyridine rings is 1. The first-order valence-electron chi connectivity index (χ1n) is 4.05. The molecule has 0 aliphatic rings. The second-order valence-corrected chi connectivity index (χ2v) is 2.78. The molecule has 2 aromatic rings. The number of imidazole rings is 1. The van der Waals surface area contributed by atoms with Crippen LogP contribution in [0.5, 0.6) is 0 Å². The number of hydrogen-bond acceptors (Lipinski definition) is 2. The van der Waals surface area contributed by atoms with Crippen molar-refractivity contribution in [2.75, 3.05) is 0 Å². The van der Waals surface area contributed by atoms with E-state index in [2.05, 4.69) is 15.0 Å². The van der Waals surface area contributed by atoms with Gasteiger partial charge < -0.3 is 9.97 Å². The Morgan fingerprint density at radius 2 is 1.88 bits per heavy atom. The van der Waals surface area contributed by atoms with Gasteiger partial charge in [-0.25, -0.2) is 0 Å². The first-order chi connectivity index (χ1) is 7.09. The van der Waals surface area contributed by atoms with Gasteiger partial charge in [0.2, 0.25) is 0 Å². The monoisotopic (exact) mass is 405 g/mol. The van der Waals surface area contributed by atoms with E-state index in [-0.39, 0.29) is 31.5 Å². The fourth-order valence-corrected chi connectivity index (χ4v) is 1.16. The molecule has 0 N–H and O–H groups in total. The van der Waals surface area contributed by atoms with Gasteiger partial charge in [-0.2, -0.15) is 13.2 Å². The van der Waals surface area contributed by atoms with E-state index >= 15 is 0 Å². The van der Waals surface area contributed by atoms with Crippen molar-refractivity contribution in [2.24, 2.45) is 0 Å². The maximum absolute atomic E-state index is 12.4. The molecule has 0 bridgehead atoms. The zero-order chi connectivity index (χ0) is 10.9. The molecule has 2 aromatic heterocycles. The molecule has 2 heterocycles. The molecule has 0 aliphatic carbocycles. The van der Waals surface area contributed by atoms with Crippen LogP contribution in [0.4, 0.5) is 13.2 Å². The van der Waals surface area contributed by atoms with E-state index in [0.29, 0.717) is 0 Å². The Morgan fingerprint density at radius 3 is 2.44 bits per heavy atom. The van der Waals surface area contributed by atoms with Gasteiger partial charge in [0.1, 0.15) is 0 Å². The average molecular weight is 404 g/mol. The zero-order valence-electron chi connectivity index (χ0n) is 7.70. The average Bonchev–Trinajstić information content (AvgIpc) is 2.67. The van der Waals surface area contributed by atoms with Crippen LogP contribution in [0, 0.1) is 0 Å². The third-order valence-corrected chi connectivity index (χ3v) is 1.77. The Balaban J connectivity index is 0.00000128. The van der Waals surface area contributed by atoms with Crippen LogP contribution in [-0.4, -0.2) is 9.97 Å². The predicted octanol–water partition coefficient (Wildman–Crippen LogP) is 2.12. The summed E-state index contributed by atoms with van der Waals surface area (Å²) >= 11 is 0. The second-order valence-electron chi connectivity index (χ2n) is 2.78. The molecule has 0 unspecified atom stereocenters. The summed E-state index contributed by atoms with van der Waals surface area (Å²) in [6, 6.07) is 4.67. The third kappa shape index (κ3) is 2.48. The number of halogens is 3. The molecule has 16 heavy (non-hydrogen) atoms. The van der Waals surface area contributed by atoms with Gasteiger partial charge in [-0.15, -0.1) is 0 Å². The summed E-state index contributed by atoms with van der Waals surface area (Å²) in [7, 11) is 0. The molecule has 0 aliphatic heterocycles. The first kappa shape index (κ1) is 12.9. The standard InChI is InChI=1S/C9H5F3N3.Ir/c10-9(11,12)8-7(14-5-15-8)6-3-1-2-4-13-6;/h1-5H;/q-1;. The van der Waals surface area contributed by atoms with E-state index in [9.17, 15) is 13.2 Å². The van der Waals surface area contributed by atoms with Crippen LogP contribution in [0.2, 0.25) is 0 Å². The molecule has 0 atom stereocenters.